The van der Waals surface area contributed by atoms with Crippen LogP contribution in [0.25, 0.3) is 0 Å². The van der Waals surface area contributed by atoms with Crippen molar-refractivity contribution < 1.29 is 9.59 Å². The van der Waals surface area contributed by atoms with E-state index in [1.807, 2.05) is 6.92 Å². The average Bonchev–Trinajstić information content (AvgIpc) is 2.46. The molecule has 0 saturated carbocycles. The maximum absolute atomic E-state index is 12.4. The highest BCUT2D eigenvalue weighted by Gasteiger charge is 2.24. The molecule has 114 valence electrons. The van der Waals surface area contributed by atoms with Crippen molar-refractivity contribution in [2.75, 3.05) is 24.6 Å². The lowest BCUT2D eigenvalue weighted by Crippen LogP contribution is -2.46. The molecule has 2 amide bonds. The molecular weight excluding hydrogens is 268 g/mol. The van der Waals surface area contributed by atoms with Crippen molar-refractivity contribution in [1.29, 1.82) is 0 Å². The fourth-order valence-corrected chi connectivity index (χ4v) is 2.54. The molecule has 1 aliphatic rings. The zero-order valence-electron chi connectivity index (χ0n) is 12.3. The van der Waals surface area contributed by atoms with Crippen LogP contribution in [-0.4, -0.2) is 35.8 Å². The zero-order chi connectivity index (χ0) is 15.4. The van der Waals surface area contributed by atoms with E-state index in [4.69, 9.17) is 11.5 Å². The molecule has 1 saturated heterocycles. The van der Waals surface area contributed by atoms with Gasteiger partial charge in [0.15, 0.2) is 0 Å². The summed E-state index contributed by atoms with van der Waals surface area (Å²) < 4.78 is 0. The summed E-state index contributed by atoms with van der Waals surface area (Å²) in [6, 6.07) is 5.07. The van der Waals surface area contributed by atoms with Gasteiger partial charge in [-0.15, -0.1) is 0 Å². The van der Waals surface area contributed by atoms with Crippen molar-refractivity contribution in [1.82, 2.24) is 10.2 Å². The number of carbonyl (C=O) groups excluding carboxylic acids is 2. The molecule has 0 aromatic heterocycles. The topological polar surface area (TPSA) is 101 Å². The number of anilines is 2. The normalized spacial score (nSPS) is 15.8. The lowest BCUT2D eigenvalue weighted by molar-refractivity contribution is -0.121. The Hall–Kier alpha value is -2.24. The van der Waals surface area contributed by atoms with Crippen LogP contribution in [0.3, 0.4) is 0 Å². The number of carbonyl (C=O) groups is 2. The highest BCUT2D eigenvalue weighted by molar-refractivity contribution is 5.96. The zero-order valence-corrected chi connectivity index (χ0v) is 12.3. The van der Waals surface area contributed by atoms with E-state index in [1.54, 1.807) is 23.1 Å². The average molecular weight is 290 g/mol. The maximum Gasteiger partial charge on any atom is 0.254 e. The van der Waals surface area contributed by atoms with Gasteiger partial charge in [-0.1, -0.05) is 6.92 Å². The van der Waals surface area contributed by atoms with Crippen LogP contribution in [0.15, 0.2) is 18.2 Å². The van der Waals surface area contributed by atoms with Gasteiger partial charge in [-0.2, -0.15) is 0 Å². The van der Waals surface area contributed by atoms with Gasteiger partial charge in [0, 0.05) is 42.5 Å². The Balaban J connectivity index is 1.95. The molecule has 1 aromatic carbocycles. The lowest BCUT2D eigenvalue weighted by atomic mass is 10.0. The minimum Gasteiger partial charge on any atom is -0.399 e. The van der Waals surface area contributed by atoms with Crippen LogP contribution in [0.5, 0.6) is 0 Å². The summed E-state index contributed by atoms with van der Waals surface area (Å²) in [4.78, 5) is 25.6. The third-order valence-electron chi connectivity index (χ3n) is 3.69. The molecule has 5 N–H and O–H groups in total. The highest BCUT2D eigenvalue weighted by atomic mass is 16.2. The summed E-state index contributed by atoms with van der Waals surface area (Å²) in [7, 11) is 0. The molecule has 1 aromatic rings. The molecule has 0 spiro atoms. The molecular formula is C15H22N4O2. The van der Waals surface area contributed by atoms with Crippen molar-refractivity contribution in [3.05, 3.63) is 23.8 Å². The smallest absolute Gasteiger partial charge is 0.254 e. The van der Waals surface area contributed by atoms with E-state index in [0.29, 0.717) is 36.4 Å². The predicted octanol–water partition coefficient (Wildman–Crippen LogP) is 0.982. The van der Waals surface area contributed by atoms with Crippen molar-refractivity contribution in [2.45, 2.75) is 32.2 Å². The monoisotopic (exact) mass is 290 g/mol. The number of nitrogens with zero attached hydrogens (tertiary/aromatic N) is 1. The third kappa shape index (κ3) is 3.87. The molecule has 0 radical (unpaired) electrons. The molecule has 2 rings (SSSR count). The van der Waals surface area contributed by atoms with Crippen LogP contribution >= 0.6 is 0 Å². The summed E-state index contributed by atoms with van der Waals surface area (Å²) >= 11 is 0. The first kappa shape index (κ1) is 15.2. The second-order valence-corrected chi connectivity index (χ2v) is 5.38. The van der Waals surface area contributed by atoms with Crippen LogP contribution in [0.2, 0.25) is 0 Å². The largest absolute Gasteiger partial charge is 0.399 e. The minimum absolute atomic E-state index is 0.0587. The number of rotatable bonds is 3. The number of piperidine rings is 1. The first-order valence-electron chi connectivity index (χ1n) is 7.24. The number of benzene rings is 1. The van der Waals surface area contributed by atoms with Crippen molar-refractivity contribution >= 4 is 23.2 Å². The van der Waals surface area contributed by atoms with Crippen molar-refractivity contribution in [3.8, 4) is 0 Å². The molecule has 0 atom stereocenters. The fourth-order valence-electron chi connectivity index (χ4n) is 2.54. The molecule has 0 bridgehead atoms. The minimum atomic E-state index is -0.0609. The molecule has 21 heavy (non-hydrogen) atoms. The molecule has 0 unspecified atom stereocenters. The van der Waals surface area contributed by atoms with Crippen LogP contribution in [-0.2, 0) is 4.79 Å². The molecule has 0 aliphatic carbocycles. The Kier molecular flexibility index (Phi) is 4.67. The Morgan fingerprint density at radius 2 is 1.76 bits per heavy atom. The van der Waals surface area contributed by atoms with Gasteiger partial charge in [0.25, 0.3) is 5.91 Å². The van der Waals surface area contributed by atoms with Gasteiger partial charge in [-0.3, -0.25) is 9.59 Å². The Labute approximate surface area is 124 Å². The van der Waals surface area contributed by atoms with Gasteiger partial charge < -0.3 is 21.7 Å². The number of hydrogen-bond acceptors (Lipinski definition) is 4. The van der Waals surface area contributed by atoms with Crippen molar-refractivity contribution in [2.24, 2.45) is 0 Å². The number of likely N-dealkylation sites (tertiary alicyclic amines) is 1. The highest BCUT2D eigenvalue weighted by Crippen LogP contribution is 2.18. The summed E-state index contributed by atoms with van der Waals surface area (Å²) in [5.41, 5.74) is 12.9. The molecule has 1 heterocycles. The van der Waals surface area contributed by atoms with Gasteiger partial charge in [-0.05, 0) is 31.0 Å². The quantitative estimate of drug-likeness (QED) is 0.722. The molecule has 6 heteroatoms. The summed E-state index contributed by atoms with van der Waals surface area (Å²) in [6.07, 6.45) is 2.03. The lowest BCUT2D eigenvalue weighted by Gasteiger charge is -2.32. The van der Waals surface area contributed by atoms with E-state index in [9.17, 15) is 9.59 Å². The number of nitrogen functional groups attached to an aromatic ring is 2. The number of hydrogen-bond donors (Lipinski definition) is 3. The van der Waals surface area contributed by atoms with Gasteiger partial charge in [0.1, 0.15) is 0 Å². The second kappa shape index (κ2) is 6.47. The van der Waals surface area contributed by atoms with Gasteiger partial charge in [0.2, 0.25) is 5.91 Å². The second-order valence-electron chi connectivity index (χ2n) is 5.38. The molecule has 6 nitrogen and oxygen atoms in total. The van der Waals surface area contributed by atoms with Gasteiger partial charge in [-0.25, -0.2) is 0 Å². The first-order valence-corrected chi connectivity index (χ1v) is 7.24. The van der Waals surface area contributed by atoms with E-state index < -0.39 is 0 Å². The third-order valence-corrected chi connectivity index (χ3v) is 3.69. The van der Waals surface area contributed by atoms with Crippen LogP contribution < -0.4 is 16.8 Å². The van der Waals surface area contributed by atoms with Crippen LogP contribution in [0.4, 0.5) is 11.4 Å². The van der Waals surface area contributed by atoms with E-state index in [0.717, 1.165) is 12.8 Å². The Morgan fingerprint density at radius 3 is 2.29 bits per heavy atom. The Bertz CT molecular complexity index is 516. The maximum atomic E-state index is 12.4. The number of nitrogens with one attached hydrogen (secondary N) is 1. The van der Waals surface area contributed by atoms with E-state index >= 15 is 0 Å². The summed E-state index contributed by atoms with van der Waals surface area (Å²) in [5.74, 6) is -0.00217. The molecule has 1 fully saturated rings. The standard InChI is InChI=1S/C15H22N4O2/c1-2-14(20)18-13-3-5-19(6-4-13)15(21)10-7-11(16)9-12(17)8-10/h7-9,13H,2-6,16-17H2,1H3,(H,18,20). The van der Waals surface area contributed by atoms with Gasteiger partial charge in [0.05, 0.1) is 0 Å². The SMILES string of the molecule is CCC(=O)NC1CCN(C(=O)c2cc(N)cc(N)c2)CC1. The fraction of sp³-hybridized carbons (Fsp3) is 0.467. The summed E-state index contributed by atoms with van der Waals surface area (Å²) in [5, 5.41) is 2.97. The van der Waals surface area contributed by atoms with Crippen LogP contribution in [0.1, 0.15) is 36.5 Å². The first-order chi connectivity index (χ1) is 9.99. The van der Waals surface area contributed by atoms with E-state index in [-0.39, 0.29) is 17.9 Å². The Morgan fingerprint density at radius 1 is 1.19 bits per heavy atom. The number of nitrogens with two attached hydrogens (primary N) is 2. The van der Waals surface area contributed by atoms with E-state index in [2.05, 4.69) is 5.32 Å². The number of amides is 2. The van der Waals surface area contributed by atoms with Crippen LogP contribution in [0, 0.1) is 0 Å². The summed E-state index contributed by atoms with van der Waals surface area (Å²) in [6.45, 7) is 3.09. The molecule has 1 aliphatic heterocycles. The van der Waals surface area contributed by atoms with E-state index in [1.165, 1.54) is 0 Å². The predicted molar refractivity (Wildman–Crippen MR) is 82.6 cm³/mol. The van der Waals surface area contributed by atoms with Crippen molar-refractivity contribution in [3.63, 3.8) is 0 Å². The van der Waals surface area contributed by atoms with Gasteiger partial charge >= 0.3 is 0 Å².